The molecule has 10 heavy (non-hydrogen) atoms. The maximum Gasteiger partial charge on any atom is 1.00 e. The van der Waals surface area contributed by atoms with Crippen LogP contribution in [0.25, 0.3) is 0 Å². The van der Waals surface area contributed by atoms with Crippen LogP contribution >= 0.6 is 11.3 Å². The Balaban J connectivity index is 0.000000810. The van der Waals surface area contributed by atoms with Crippen LogP contribution in [0.5, 0.6) is 0 Å². The van der Waals surface area contributed by atoms with Crippen LogP contribution in [0.4, 0.5) is 0 Å². The summed E-state index contributed by atoms with van der Waals surface area (Å²) in [7, 11) is 0. The first-order valence-corrected chi connectivity index (χ1v) is 4.30. The first-order chi connectivity index (χ1) is 4.20. The van der Waals surface area contributed by atoms with Gasteiger partial charge in [0.05, 0.1) is 0 Å². The van der Waals surface area contributed by atoms with Crippen molar-refractivity contribution in [2.24, 2.45) is 0 Å². The van der Waals surface area contributed by atoms with E-state index in [0.29, 0.717) is 4.90 Å². The third-order valence-electron chi connectivity index (χ3n) is 0.899. The third-order valence-corrected chi connectivity index (χ3v) is 2.53. The number of thiophene rings is 1. The third kappa shape index (κ3) is 2.82. The van der Waals surface area contributed by atoms with Crippen molar-refractivity contribution in [3.63, 3.8) is 0 Å². The van der Waals surface area contributed by atoms with Gasteiger partial charge in [0.1, 0.15) is 0 Å². The summed E-state index contributed by atoms with van der Waals surface area (Å²) in [6.45, 7) is 1.88. The first kappa shape index (κ1) is 10.8. The van der Waals surface area contributed by atoms with Crippen LogP contribution in [0.2, 0.25) is 0 Å². The SMILES string of the molecule is Cc1cc(S(=O)[O-])cs1.[Na+]. The van der Waals surface area contributed by atoms with E-state index >= 15 is 0 Å². The van der Waals surface area contributed by atoms with Crippen LogP contribution < -0.4 is 29.6 Å². The van der Waals surface area contributed by atoms with E-state index in [1.807, 2.05) is 6.92 Å². The summed E-state index contributed by atoms with van der Waals surface area (Å²) in [5.74, 6) is 0. The standard InChI is InChI=1S/C5H6O2S2.Na/c1-4-2-5(3-8-4)9(6)7;/h2-3H,1H3,(H,6,7);/q;+1/p-1. The second-order valence-corrected chi connectivity index (χ2v) is 3.68. The molecule has 0 bridgehead atoms. The van der Waals surface area contributed by atoms with Crippen molar-refractivity contribution in [1.29, 1.82) is 0 Å². The Morgan fingerprint density at radius 2 is 2.30 bits per heavy atom. The molecule has 5 heteroatoms. The molecule has 2 nitrogen and oxygen atoms in total. The van der Waals surface area contributed by atoms with Crippen LogP contribution in [0.15, 0.2) is 16.3 Å². The molecule has 0 N–H and O–H groups in total. The summed E-state index contributed by atoms with van der Waals surface area (Å²) in [5.41, 5.74) is 0. The molecule has 0 aliphatic rings. The molecule has 0 fully saturated rings. The maximum atomic E-state index is 10.2. The molecule has 0 saturated carbocycles. The van der Waals surface area contributed by atoms with Gasteiger partial charge in [-0.1, -0.05) is 0 Å². The molecule has 50 valence electrons. The largest absolute Gasteiger partial charge is 1.00 e. The fourth-order valence-corrected chi connectivity index (χ4v) is 1.88. The van der Waals surface area contributed by atoms with Gasteiger partial charge in [-0.25, -0.2) is 0 Å². The molecule has 1 atom stereocenters. The molecule has 0 aliphatic carbocycles. The second-order valence-electron chi connectivity index (χ2n) is 1.63. The number of hydrogen-bond donors (Lipinski definition) is 0. The van der Waals surface area contributed by atoms with Crippen LogP contribution in [0, 0.1) is 6.92 Å². The summed E-state index contributed by atoms with van der Waals surface area (Å²) in [6.07, 6.45) is 0. The number of hydrogen-bond acceptors (Lipinski definition) is 3. The van der Waals surface area contributed by atoms with Crippen molar-refractivity contribution in [2.45, 2.75) is 11.8 Å². The normalized spacial score (nSPS) is 12.2. The Kier molecular flexibility index (Phi) is 5.02. The predicted molar refractivity (Wildman–Crippen MR) is 36.2 cm³/mol. The zero-order valence-corrected chi connectivity index (χ0v) is 9.42. The quantitative estimate of drug-likeness (QED) is 0.385. The Bertz CT molecular complexity index is 233. The predicted octanol–water partition coefficient (Wildman–Crippen LogP) is -1.70. The topological polar surface area (TPSA) is 40.1 Å². The minimum Gasteiger partial charge on any atom is -0.768 e. The van der Waals surface area contributed by atoms with E-state index in [4.69, 9.17) is 0 Å². The van der Waals surface area contributed by atoms with Gasteiger partial charge < -0.3 is 4.55 Å². The van der Waals surface area contributed by atoms with Crippen molar-refractivity contribution >= 4 is 22.4 Å². The first-order valence-electron chi connectivity index (χ1n) is 2.34. The summed E-state index contributed by atoms with van der Waals surface area (Å²) in [6, 6.07) is 1.65. The maximum absolute atomic E-state index is 10.2. The van der Waals surface area contributed by atoms with Crippen LogP contribution in [0.3, 0.4) is 0 Å². The fraction of sp³-hybridized carbons (Fsp3) is 0.200. The van der Waals surface area contributed by atoms with Crippen molar-refractivity contribution in [1.82, 2.24) is 0 Å². The van der Waals surface area contributed by atoms with Gasteiger partial charge in [0.25, 0.3) is 0 Å². The monoisotopic (exact) mass is 184 g/mol. The molecule has 1 unspecified atom stereocenters. The molecular formula is C5H5NaO2S2. The Hall–Kier alpha value is 0.810. The van der Waals surface area contributed by atoms with Crippen molar-refractivity contribution in [2.75, 3.05) is 0 Å². The van der Waals surface area contributed by atoms with Gasteiger partial charge in [-0.2, -0.15) is 0 Å². The van der Waals surface area contributed by atoms with Crippen molar-refractivity contribution < 1.29 is 38.3 Å². The van der Waals surface area contributed by atoms with E-state index in [2.05, 4.69) is 0 Å². The molecule has 1 aromatic heterocycles. The molecular weight excluding hydrogens is 179 g/mol. The zero-order valence-electron chi connectivity index (χ0n) is 5.79. The zero-order chi connectivity index (χ0) is 6.85. The van der Waals surface area contributed by atoms with Crippen molar-refractivity contribution in [3.05, 3.63) is 16.3 Å². The second kappa shape index (κ2) is 4.64. The summed E-state index contributed by atoms with van der Waals surface area (Å²) in [5, 5.41) is 1.62. The minimum atomic E-state index is -2.05. The average Bonchev–Trinajstić information content (AvgIpc) is 2.14. The van der Waals surface area contributed by atoms with E-state index in [1.54, 1.807) is 11.4 Å². The van der Waals surface area contributed by atoms with Crippen molar-refractivity contribution in [3.8, 4) is 0 Å². The Labute approximate surface area is 88.2 Å². The minimum absolute atomic E-state index is 0. The van der Waals surface area contributed by atoms with Crippen LogP contribution in [-0.4, -0.2) is 8.76 Å². The molecule has 0 spiro atoms. The van der Waals surface area contributed by atoms with E-state index in [9.17, 15) is 8.76 Å². The molecule has 0 radical (unpaired) electrons. The summed E-state index contributed by atoms with van der Waals surface area (Å²) < 4.78 is 20.4. The van der Waals surface area contributed by atoms with Gasteiger partial charge in [0, 0.05) is 15.2 Å². The number of rotatable bonds is 1. The van der Waals surface area contributed by atoms with Gasteiger partial charge in [0.15, 0.2) is 0 Å². The molecule has 1 rings (SSSR count). The van der Waals surface area contributed by atoms with Gasteiger partial charge in [-0.05, 0) is 24.1 Å². The van der Waals surface area contributed by atoms with E-state index in [-0.39, 0.29) is 29.6 Å². The van der Waals surface area contributed by atoms with E-state index < -0.39 is 11.1 Å². The Morgan fingerprint density at radius 3 is 2.50 bits per heavy atom. The van der Waals surface area contributed by atoms with Crippen LogP contribution in [-0.2, 0) is 11.1 Å². The van der Waals surface area contributed by atoms with Gasteiger partial charge in [-0.15, -0.1) is 11.3 Å². The Morgan fingerprint density at radius 1 is 1.70 bits per heavy atom. The number of aryl methyl sites for hydroxylation is 1. The summed E-state index contributed by atoms with van der Waals surface area (Å²) in [4.78, 5) is 1.41. The van der Waals surface area contributed by atoms with Crippen LogP contribution in [0.1, 0.15) is 4.88 Å². The van der Waals surface area contributed by atoms with E-state index in [0.717, 1.165) is 4.88 Å². The van der Waals surface area contributed by atoms with Gasteiger partial charge in [-0.3, -0.25) is 4.21 Å². The van der Waals surface area contributed by atoms with E-state index in [1.165, 1.54) is 11.3 Å². The fourth-order valence-electron chi connectivity index (χ4n) is 0.507. The summed E-state index contributed by atoms with van der Waals surface area (Å²) >= 11 is -0.608. The van der Waals surface area contributed by atoms with Gasteiger partial charge in [0.2, 0.25) is 0 Å². The molecule has 0 aliphatic heterocycles. The molecule has 1 heterocycles. The smallest absolute Gasteiger partial charge is 0.768 e. The van der Waals surface area contributed by atoms with Gasteiger partial charge >= 0.3 is 29.6 Å². The molecule has 1 aromatic rings. The molecule has 0 aromatic carbocycles. The molecule has 0 amide bonds. The molecule has 0 saturated heterocycles. The average molecular weight is 184 g/mol.